The van der Waals surface area contributed by atoms with Gasteiger partial charge in [-0.3, -0.25) is 4.90 Å². The molecule has 0 radical (unpaired) electrons. The lowest BCUT2D eigenvalue weighted by atomic mass is 10.0. The van der Waals surface area contributed by atoms with Crippen LogP contribution in [-0.2, 0) is 6.42 Å². The van der Waals surface area contributed by atoms with Crippen LogP contribution in [0, 0.1) is 11.3 Å². The van der Waals surface area contributed by atoms with E-state index in [1.165, 1.54) is 11.1 Å². The number of benzene rings is 2. The summed E-state index contributed by atoms with van der Waals surface area (Å²) in [4.78, 5) is 2.47. The van der Waals surface area contributed by atoms with Gasteiger partial charge in [-0.05, 0) is 55.1 Å². The van der Waals surface area contributed by atoms with Gasteiger partial charge in [0.25, 0.3) is 0 Å². The zero-order valence-electron chi connectivity index (χ0n) is 15.4. The first-order chi connectivity index (χ1) is 12.7. The number of rotatable bonds is 3. The summed E-state index contributed by atoms with van der Waals surface area (Å²) in [6.45, 7) is 1.95. The fourth-order valence-corrected chi connectivity index (χ4v) is 4.37. The number of likely N-dealkylation sites (tertiary alicyclic amines) is 1. The Labute approximate surface area is 183 Å². The van der Waals surface area contributed by atoms with E-state index >= 15 is 0 Å². The normalized spacial score (nSPS) is 23.7. The van der Waals surface area contributed by atoms with Gasteiger partial charge in [0.1, 0.15) is 11.9 Å². The van der Waals surface area contributed by atoms with Gasteiger partial charge >= 0.3 is 0 Å². The number of nitriles is 1. The van der Waals surface area contributed by atoms with Crippen LogP contribution in [0.5, 0.6) is 5.75 Å². The molecule has 7 heteroatoms. The van der Waals surface area contributed by atoms with E-state index in [4.69, 9.17) is 27.3 Å². The van der Waals surface area contributed by atoms with Crippen molar-refractivity contribution in [3.63, 3.8) is 0 Å². The lowest BCUT2D eigenvalue weighted by molar-refractivity contribution is 0.0594. The molecule has 1 saturated heterocycles. The number of hydrogen-bond acceptors (Lipinski definition) is 4. The molecule has 3 unspecified atom stereocenters. The smallest absolute Gasteiger partial charge is 0.140 e. The van der Waals surface area contributed by atoms with Gasteiger partial charge in [-0.15, -0.1) is 24.8 Å². The summed E-state index contributed by atoms with van der Waals surface area (Å²) in [6.07, 6.45) is 3.09. The van der Waals surface area contributed by atoms with Crippen molar-refractivity contribution in [2.75, 3.05) is 13.1 Å². The highest BCUT2D eigenvalue weighted by molar-refractivity contribution is 6.32. The molecule has 1 aliphatic heterocycles. The molecule has 4 rings (SSSR count). The Morgan fingerprint density at radius 3 is 2.68 bits per heavy atom. The molecule has 1 aliphatic carbocycles. The predicted molar refractivity (Wildman–Crippen MR) is 117 cm³/mol. The third-order valence-electron chi connectivity index (χ3n) is 5.41. The Hall–Kier alpha value is -1.48. The van der Waals surface area contributed by atoms with Crippen LogP contribution in [0.4, 0.5) is 0 Å². The van der Waals surface area contributed by atoms with Crippen molar-refractivity contribution in [2.45, 2.75) is 37.5 Å². The highest BCUT2D eigenvalue weighted by Gasteiger charge is 2.39. The van der Waals surface area contributed by atoms with Crippen LogP contribution in [0.25, 0.3) is 0 Å². The summed E-state index contributed by atoms with van der Waals surface area (Å²) >= 11 is 6.36. The van der Waals surface area contributed by atoms with E-state index in [0.717, 1.165) is 32.4 Å². The standard InChI is InChI=1S/C21H22ClN3O.2ClH/c22-18-10-14(12-23)7-8-20(18)26-21-17-6-2-1-4-15(17)11-19(21)25-9-3-5-16(24)13-25;;/h1-2,4,6-8,10,16,19,21H,3,5,9,11,13,24H2;2*1H. The molecule has 3 atom stereocenters. The van der Waals surface area contributed by atoms with Crippen LogP contribution < -0.4 is 10.5 Å². The van der Waals surface area contributed by atoms with Gasteiger partial charge in [-0.2, -0.15) is 5.26 Å². The Morgan fingerprint density at radius 2 is 1.96 bits per heavy atom. The van der Waals surface area contributed by atoms with Gasteiger partial charge in [-0.1, -0.05) is 35.9 Å². The van der Waals surface area contributed by atoms with Crippen molar-refractivity contribution in [3.05, 3.63) is 64.2 Å². The molecule has 2 aliphatic rings. The average molecular weight is 441 g/mol. The van der Waals surface area contributed by atoms with Gasteiger partial charge in [-0.25, -0.2) is 0 Å². The van der Waals surface area contributed by atoms with Crippen LogP contribution in [0.2, 0.25) is 5.02 Å². The van der Waals surface area contributed by atoms with Crippen LogP contribution in [0.15, 0.2) is 42.5 Å². The first kappa shape index (κ1) is 22.8. The van der Waals surface area contributed by atoms with Gasteiger partial charge in [0.15, 0.2) is 0 Å². The quantitative estimate of drug-likeness (QED) is 0.762. The molecule has 1 fully saturated rings. The second-order valence-electron chi connectivity index (χ2n) is 7.16. The maximum Gasteiger partial charge on any atom is 0.140 e. The SMILES string of the molecule is Cl.Cl.N#Cc1ccc(OC2c3ccccc3CC2N2CCCC(N)C2)c(Cl)c1. The molecule has 2 aromatic carbocycles. The van der Waals surface area contributed by atoms with Crippen molar-refractivity contribution >= 4 is 36.4 Å². The Bertz CT molecular complexity index is 855. The Morgan fingerprint density at radius 1 is 1.18 bits per heavy atom. The summed E-state index contributed by atoms with van der Waals surface area (Å²) < 4.78 is 6.41. The van der Waals surface area contributed by atoms with E-state index in [2.05, 4.69) is 35.2 Å². The number of ether oxygens (including phenoxy) is 1. The minimum absolute atomic E-state index is 0. The number of hydrogen-bond donors (Lipinski definition) is 1. The average Bonchev–Trinajstić information content (AvgIpc) is 3.02. The number of nitrogens with two attached hydrogens (primary N) is 1. The fraction of sp³-hybridized carbons (Fsp3) is 0.381. The van der Waals surface area contributed by atoms with E-state index in [-0.39, 0.29) is 43.0 Å². The largest absolute Gasteiger partial charge is 0.482 e. The fourth-order valence-electron chi connectivity index (χ4n) is 4.14. The van der Waals surface area contributed by atoms with Gasteiger partial charge in [0.2, 0.25) is 0 Å². The topological polar surface area (TPSA) is 62.3 Å². The lowest BCUT2D eigenvalue weighted by Gasteiger charge is -2.38. The molecule has 28 heavy (non-hydrogen) atoms. The van der Waals surface area contributed by atoms with Crippen LogP contribution in [0.1, 0.15) is 35.6 Å². The number of nitrogens with zero attached hydrogens (tertiary/aromatic N) is 2. The summed E-state index contributed by atoms with van der Waals surface area (Å²) in [5, 5.41) is 9.51. The van der Waals surface area contributed by atoms with E-state index in [9.17, 15) is 0 Å². The van der Waals surface area contributed by atoms with Crippen LogP contribution >= 0.6 is 36.4 Å². The van der Waals surface area contributed by atoms with Gasteiger partial charge in [0, 0.05) is 12.6 Å². The van der Waals surface area contributed by atoms with Crippen molar-refractivity contribution in [2.24, 2.45) is 5.73 Å². The zero-order chi connectivity index (χ0) is 18.1. The van der Waals surface area contributed by atoms with E-state index in [0.29, 0.717) is 16.3 Å². The first-order valence-electron chi connectivity index (χ1n) is 9.09. The third-order valence-corrected chi connectivity index (χ3v) is 5.71. The molecule has 0 spiro atoms. The molecule has 0 amide bonds. The number of halogens is 3. The molecule has 2 aromatic rings. The minimum atomic E-state index is -0.0815. The monoisotopic (exact) mass is 439 g/mol. The third kappa shape index (κ3) is 4.56. The summed E-state index contributed by atoms with van der Waals surface area (Å²) in [7, 11) is 0. The molecule has 1 heterocycles. The highest BCUT2D eigenvalue weighted by atomic mass is 35.5. The molecule has 4 nitrogen and oxygen atoms in total. The summed E-state index contributed by atoms with van der Waals surface area (Å²) in [5.74, 6) is 0.624. The number of piperidine rings is 1. The van der Waals surface area contributed by atoms with Crippen molar-refractivity contribution < 1.29 is 4.74 Å². The predicted octanol–water partition coefficient (Wildman–Crippen LogP) is 4.52. The van der Waals surface area contributed by atoms with Gasteiger partial charge < -0.3 is 10.5 Å². The lowest BCUT2D eigenvalue weighted by Crippen LogP contribution is -2.49. The van der Waals surface area contributed by atoms with E-state index in [1.807, 2.05) is 0 Å². The highest BCUT2D eigenvalue weighted by Crippen LogP contribution is 2.40. The van der Waals surface area contributed by atoms with Gasteiger partial charge in [0.05, 0.1) is 22.7 Å². The minimum Gasteiger partial charge on any atom is -0.482 e. The molecule has 0 aromatic heterocycles. The molecule has 0 bridgehead atoms. The molecule has 150 valence electrons. The van der Waals surface area contributed by atoms with Crippen molar-refractivity contribution in [1.29, 1.82) is 5.26 Å². The van der Waals surface area contributed by atoms with Crippen LogP contribution in [0.3, 0.4) is 0 Å². The second-order valence-corrected chi connectivity index (χ2v) is 7.57. The Balaban J connectivity index is 0.00000140. The van der Waals surface area contributed by atoms with E-state index in [1.54, 1.807) is 18.2 Å². The molecular weight excluding hydrogens is 417 g/mol. The summed E-state index contributed by atoms with van der Waals surface area (Å²) in [6, 6.07) is 16.2. The van der Waals surface area contributed by atoms with E-state index < -0.39 is 0 Å². The molecule has 0 saturated carbocycles. The van der Waals surface area contributed by atoms with Crippen molar-refractivity contribution in [1.82, 2.24) is 4.90 Å². The van der Waals surface area contributed by atoms with Crippen LogP contribution in [-0.4, -0.2) is 30.1 Å². The second kappa shape index (κ2) is 9.82. The molecule has 2 N–H and O–H groups in total. The summed E-state index contributed by atoms with van der Waals surface area (Å²) in [5.41, 5.74) is 9.30. The zero-order valence-corrected chi connectivity index (χ0v) is 17.8. The molecular formula is C21H24Cl3N3O. The number of fused-ring (bicyclic) bond motifs is 1. The maximum absolute atomic E-state index is 9.04. The Kier molecular flexibility index (Phi) is 8.00. The van der Waals surface area contributed by atoms with Crippen molar-refractivity contribution in [3.8, 4) is 11.8 Å². The first-order valence-corrected chi connectivity index (χ1v) is 9.47. The maximum atomic E-state index is 9.04.